The van der Waals surface area contributed by atoms with Crippen molar-refractivity contribution in [2.45, 2.75) is 13.3 Å². The van der Waals surface area contributed by atoms with Crippen molar-refractivity contribution in [2.24, 2.45) is 0 Å². The summed E-state index contributed by atoms with van der Waals surface area (Å²) >= 11 is 1.42. The van der Waals surface area contributed by atoms with Gasteiger partial charge in [0.25, 0.3) is 5.91 Å². The monoisotopic (exact) mass is 291 g/mol. The van der Waals surface area contributed by atoms with Crippen LogP contribution in [0.25, 0.3) is 10.1 Å². The van der Waals surface area contributed by atoms with Gasteiger partial charge in [0.1, 0.15) is 0 Å². The van der Waals surface area contributed by atoms with E-state index >= 15 is 0 Å². The summed E-state index contributed by atoms with van der Waals surface area (Å²) in [4.78, 5) is 23.9. The van der Waals surface area contributed by atoms with Gasteiger partial charge in [-0.3, -0.25) is 9.59 Å². The van der Waals surface area contributed by atoms with E-state index in [0.29, 0.717) is 23.7 Å². The Balaban J connectivity index is 1.95. The topological polar surface area (TPSA) is 84.2 Å². The van der Waals surface area contributed by atoms with Crippen LogP contribution >= 0.6 is 11.3 Å². The lowest BCUT2D eigenvalue weighted by Gasteiger charge is -2.03. The molecule has 0 bridgehead atoms. The van der Waals surface area contributed by atoms with E-state index in [4.69, 9.17) is 5.73 Å². The first-order chi connectivity index (χ1) is 9.60. The van der Waals surface area contributed by atoms with Crippen LogP contribution in [-0.2, 0) is 4.79 Å². The maximum absolute atomic E-state index is 12.0. The molecule has 2 aromatic rings. The molecular weight excluding hydrogens is 274 g/mol. The summed E-state index contributed by atoms with van der Waals surface area (Å²) in [6, 6.07) is 7.38. The van der Waals surface area contributed by atoms with Crippen LogP contribution in [0.1, 0.15) is 23.0 Å². The number of nitrogen functional groups attached to an aromatic ring is 1. The molecule has 20 heavy (non-hydrogen) atoms. The lowest BCUT2D eigenvalue weighted by atomic mass is 10.2. The fourth-order valence-corrected chi connectivity index (χ4v) is 2.80. The van der Waals surface area contributed by atoms with Gasteiger partial charge >= 0.3 is 0 Å². The zero-order valence-corrected chi connectivity index (χ0v) is 12.0. The molecule has 1 aromatic heterocycles. The minimum atomic E-state index is -0.158. The van der Waals surface area contributed by atoms with Crippen molar-refractivity contribution in [1.82, 2.24) is 10.6 Å². The summed E-state index contributed by atoms with van der Waals surface area (Å²) in [5, 5.41) is 6.39. The Morgan fingerprint density at radius 2 is 2.05 bits per heavy atom. The Morgan fingerprint density at radius 1 is 1.25 bits per heavy atom. The first kappa shape index (κ1) is 14.3. The number of nitrogens with one attached hydrogen (secondary N) is 2. The van der Waals surface area contributed by atoms with Crippen molar-refractivity contribution < 1.29 is 9.59 Å². The van der Waals surface area contributed by atoms with Crippen LogP contribution in [0.4, 0.5) is 5.69 Å². The van der Waals surface area contributed by atoms with Gasteiger partial charge in [0.05, 0.1) is 4.88 Å². The Hall–Kier alpha value is -2.08. The molecule has 0 aliphatic rings. The molecule has 2 amide bonds. The highest BCUT2D eigenvalue weighted by atomic mass is 32.1. The van der Waals surface area contributed by atoms with Gasteiger partial charge in [-0.05, 0) is 36.6 Å². The predicted octanol–water partition coefficient (Wildman–Crippen LogP) is 1.74. The fourth-order valence-electron chi connectivity index (χ4n) is 1.84. The number of hydrogen-bond acceptors (Lipinski definition) is 4. The number of rotatable bonds is 5. The van der Waals surface area contributed by atoms with Crippen LogP contribution in [0.15, 0.2) is 24.3 Å². The first-order valence-electron chi connectivity index (χ1n) is 6.44. The fraction of sp³-hybridized carbons (Fsp3) is 0.286. The molecule has 5 nitrogen and oxygen atoms in total. The quantitative estimate of drug-likeness (QED) is 0.734. The molecular formula is C14H17N3O2S. The van der Waals surface area contributed by atoms with Crippen LogP contribution in [0.3, 0.4) is 0 Å². The van der Waals surface area contributed by atoms with E-state index < -0.39 is 0 Å². The van der Waals surface area contributed by atoms with Crippen molar-refractivity contribution in [3.8, 4) is 0 Å². The third kappa shape index (κ3) is 3.48. The largest absolute Gasteiger partial charge is 0.399 e. The van der Waals surface area contributed by atoms with Crippen LogP contribution in [-0.4, -0.2) is 24.9 Å². The molecule has 0 aliphatic carbocycles. The zero-order valence-electron chi connectivity index (χ0n) is 11.2. The van der Waals surface area contributed by atoms with E-state index in [1.54, 1.807) is 0 Å². The standard InChI is InChI=1S/C14H17N3O2S/c1-2-16-13(18)5-6-17-14(19)12-8-9-7-10(15)3-4-11(9)20-12/h3-4,7-8H,2,5-6,15H2,1H3,(H,16,18)(H,17,19). The average molecular weight is 291 g/mol. The Morgan fingerprint density at radius 3 is 2.80 bits per heavy atom. The van der Waals surface area contributed by atoms with E-state index in [0.717, 1.165) is 10.1 Å². The van der Waals surface area contributed by atoms with Crippen LogP contribution in [0.5, 0.6) is 0 Å². The molecule has 0 fully saturated rings. The van der Waals surface area contributed by atoms with Gasteiger partial charge in [0, 0.05) is 29.9 Å². The summed E-state index contributed by atoms with van der Waals surface area (Å²) in [5.41, 5.74) is 6.39. The Labute approximate surface area is 121 Å². The van der Waals surface area contributed by atoms with Gasteiger partial charge in [0.2, 0.25) is 5.91 Å². The van der Waals surface area contributed by atoms with Crippen molar-refractivity contribution in [3.63, 3.8) is 0 Å². The lowest BCUT2D eigenvalue weighted by molar-refractivity contribution is -0.120. The van der Waals surface area contributed by atoms with Gasteiger partial charge in [-0.15, -0.1) is 11.3 Å². The molecule has 0 radical (unpaired) electrons. The smallest absolute Gasteiger partial charge is 0.261 e. The highest BCUT2D eigenvalue weighted by Crippen LogP contribution is 2.27. The molecule has 2 rings (SSSR count). The highest BCUT2D eigenvalue weighted by molar-refractivity contribution is 7.20. The maximum atomic E-state index is 12.0. The minimum absolute atomic E-state index is 0.0584. The molecule has 106 valence electrons. The molecule has 0 unspecified atom stereocenters. The molecule has 0 aliphatic heterocycles. The summed E-state index contributed by atoms with van der Waals surface area (Å²) in [7, 11) is 0. The third-order valence-electron chi connectivity index (χ3n) is 2.78. The second-order valence-electron chi connectivity index (χ2n) is 4.37. The average Bonchev–Trinajstić information content (AvgIpc) is 2.82. The van der Waals surface area contributed by atoms with Gasteiger partial charge < -0.3 is 16.4 Å². The van der Waals surface area contributed by atoms with Gasteiger partial charge in [-0.25, -0.2) is 0 Å². The predicted molar refractivity (Wildman–Crippen MR) is 81.9 cm³/mol. The van der Waals surface area contributed by atoms with E-state index in [1.165, 1.54) is 11.3 Å². The van der Waals surface area contributed by atoms with E-state index in [2.05, 4.69) is 10.6 Å². The number of anilines is 1. The molecule has 4 N–H and O–H groups in total. The zero-order chi connectivity index (χ0) is 14.5. The number of carbonyl (C=O) groups excluding carboxylic acids is 2. The van der Waals surface area contributed by atoms with Gasteiger partial charge in [-0.2, -0.15) is 0 Å². The number of hydrogen-bond donors (Lipinski definition) is 3. The normalized spacial score (nSPS) is 10.4. The minimum Gasteiger partial charge on any atom is -0.399 e. The number of amides is 2. The summed E-state index contributed by atoms with van der Waals surface area (Å²) in [6.07, 6.45) is 0.289. The number of thiophene rings is 1. The summed E-state index contributed by atoms with van der Waals surface area (Å²) < 4.78 is 1.02. The number of carbonyl (C=O) groups is 2. The molecule has 1 heterocycles. The molecule has 0 atom stereocenters. The van der Waals surface area contributed by atoms with Crippen molar-refractivity contribution >= 4 is 38.9 Å². The summed E-state index contributed by atoms with van der Waals surface area (Å²) in [5.74, 6) is -0.217. The van der Waals surface area contributed by atoms with E-state index in [9.17, 15) is 9.59 Å². The van der Waals surface area contributed by atoms with Crippen LogP contribution in [0, 0.1) is 0 Å². The Kier molecular flexibility index (Phi) is 4.57. The third-order valence-corrected chi connectivity index (χ3v) is 3.89. The van der Waals surface area contributed by atoms with Crippen LogP contribution in [0.2, 0.25) is 0 Å². The number of nitrogens with two attached hydrogens (primary N) is 1. The number of fused-ring (bicyclic) bond motifs is 1. The second kappa shape index (κ2) is 6.38. The first-order valence-corrected chi connectivity index (χ1v) is 7.25. The highest BCUT2D eigenvalue weighted by Gasteiger charge is 2.10. The molecule has 6 heteroatoms. The Bertz CT molecular complexity index is 636. The molecule has 0 saturated carbocycles. The van der Waals surface area contributed by atoms with E-state index in [-0.39, 0.29) is 18.2 Å². The molecule has 0 spiro atoms. The van der Waals surface area contributed by atoms with E-state index in [1.807, 2.05) is 31.2 Å². The molecule has 0 saturated heterocycles. The summed E-state index contributed by atoms with van der Waals surface area (Å²) in [6.45, 7) is 2.80. The second-order valence-corrected chi connectivity index (χ2v) is 5.45. The molecule has 1 aromatic carbocycles. The van der Waals surface area contributed by atoms with Crippen molar-refractivity contribution in [1.29, 1.82) is 0 Å². The lowest BCUT2D eigenvalue weighted by Crippen LogP contribution is -2.30. The van der Waals surface area contributed by atoms with Gasteiger partial charge in [0.15, 0.2) is 0 Å². The SMILES string of the molecule is CCNC(=O)CCNC(=O)c1cc2cc(N)ccc2s1. The van der Waals surface area contributed by atoms with Crippen molar-refractivity contribution in [3.05, 3.63) is 29.1 Å². The number of benzene rings is 1. The van der Waals surface area contributed by atoms with Crippen molar-refractivity contribution in [2.75, 3.05) is 18.8 Å². The van der Waals surface area contributed by atoms with Crippen LogP contribution < -0.4 is 16.4 Å². The maximum Gasteiger partial charge on any atom is 0.261 e. The van der Waals surface area contributed by atoms with Gasteiger partial charge in [-0.1, -0.05) is 0 Å².